The molecule has 1 aromatic carbocycles. The molecule has 0 saturated carbocycles. The van der Waals surface area contributed by atoms with Gasteiger partial charge in [-0.15, -0.1) is 0 Å². The molecule has 0 aliphatic rings. The largest absolute Gasteiger partial charge is 0.324 e. The molecule has 0 bridgehead atoms. The molecule has 0 aromatic heterocycles. The molecule has 0 spiro atoms. The van der Waals surface area contributed by atoms with Crippen molar-refractivity contribution in [2.24, 2.45) is 11.7 Å². The third-order valence-corrected chi connectivity index (χ3v) is 2.79. The van der Waals surface area contributed by atoms with Crippen molar-refractivity contribution < 1.29 is 9.72 Å². The van der Waals surface area contributed by atoms with E-state index in [4.69, 9.17) is 17.3 Å². The summed E-state index contributed by atoms with van der Waals surface area (Å²) in [6.07, 6.45) is 0.543. The molecule has 1 unspecified atom stereocenters. The first-order chi connectivity index (χ1) is 8.81. The number of halogens is 1. The molecule has 1 aromatic rings. The summed E-state index contributed by atoms with van der Waals surface area (Å²) in [7, 11) is 0. The van der Waals surface area contributed by atoms with Crippen LogP contribution in [-0.2, 0) is 4.79 Å². The summed E-state index contributed by atoms with van der Waals surface area (Å²) in [5.74, 6) is -0.0781. The van der Waals surface area contributed by atoms with Crippen LogP contribution in [0.3, 0.4) is 0 Å². The number of nitrogens with zero attached hydrogens (tertiary/aromatic N) is 1. The second-order valence-electron chi connectivity index (χ2n) is 4.65. The second kappa shape index (κ2) is 6.49. The molecule has 0 radical (unpaired) electrons. The Labute approximate surface area is 116 Å². The van der Waals surface area contributed by atoms with Crippen molar-refractivity contribution in [1.82, 2.24) is 0 Å². The van der Waals surface area contributed by atoms with E-state index in [1.165, 1.54) is 18.2 Å². The fraction of sp³-hybridized carbons (Fsp3) is 0.417. The van der Waals surface area contributed by atoms with Gasteiger partial charge in [0.1, 0.15) is 5.02 Å². The number of amides is 1. The van der Waals surface area contributed by atoms with Crippen molar-refractivity contribution in [3.63, 3.8) is 0 Å². The third kappa shape index (κ3) is 4.50. The number of nitro groups is 1. The van der Waals surface area contributed by atoms with Gasteiger partial charge in [-0.1, -0.05) is 25.4 Å². The Morgan fingerprint density at radius 1 is 1.53 bits per heavy atom. The smallest absolute Gasteiger partial charge is 0.289 e. The van der Waals surface area contributed by atoms with Gasteiger partial charge in [-0.25, -0.2) is 0 Å². The number of nitrogens with one attached hydrogen (secondary N) is 1. The fourth-order valence-corrected chi connectivity index (χ4v) is 1.77. The topological polar surface area (TPSA) is 98.3 Å². The van der Waals surface area contributed by atoms with Gasteiger partial charge in [0.2, 0.25) is 5.91 Å². The average Bonchev–Trinajstić information content (AvgIpc) is 2.30. The normalized spacial score (nSPS) is 12.3. The van der Waals surface area contributed by atoms with Crippen LogP contribution in [0.5, 0.6) is 0 Å². The van der Waals surface area contributed by atoms with Crippen LogP contribution in [0, 0.1) is 16.0 Å². The van der Waals surface area contributed by atoms with Crippen molar-refractivity contribution in [3.8, 4) is 0 Å². The zero-order chi connectivity index (χ0) is 14.6. The van der Waals surface area contributed by atoms with Crippen LogP contribution < -0.4 is 11.1 Å². The van der Waals surface area contributed by atoms with E-state index in [9.17, 15) is 14.9 Å². The van der Waals surface area contributed by atoms with Crippen LogP contribution >= 0.6 is 11.6 Å². The molecule has 104 valence electrons. The lowest BCUT2D eigenvalue weighted by molar-refractivity contribution is -0.384. The molecule has 0 saturated heterocycles. The maximum atomic E-state index is 11.8. The zero-order valence-corrected chi connectivity index (χ0v) is 11.5. The van der Waals surface area contributed by atoms with E-state index < -0.39 is 11.0 Å². The Morgan fingerprint density at radius 3 is 2.68 bits per heavy atom. The monoisotopic (exact) mass is 285 g/mol. The van der Waals surface area contributed by atoms with Crippen molar-refractivity contribution in [2.75, 3.05) is 5.32 Å². The molecule has 0 aliphatic carbocycles. The summed E-state index contributed by atoms with van der Waals surface area (Å²) in [4.78, 5) is 21.9. The van der Waals surface area contributed by atoms with Crippen molar-refractivity contribution in [2.45, 2.75) is 26.3 Å². The Morgan fingerprint density at radius 2 is 2.16 bits per heavy atom. The quantitative estimate of drug-likeness (QED) is 0.641. The molecule has 0 fully saturated rings. The molecule has 7 heteroatoms. The van der Waals surface area contributed by atoms with E-state index >= 15 is 0 Å². The number of nitrogens with two attached hydrogens (primary N) is 1. The van der Waals surface area contributed by atoms with E-state index in [-0.39, 0.29) is 16.6 Å². The number of carbonyl (C=O) groups excluding carboxylic acids is 1. The highest BCUT2D eigenvalue weighted by molar-refractivity contribution is 6.32. The number of anilines is 1. The van der Waals surface area contributed by atoms with Crippen molar-refractivity contribution in [1.29, 1.82) is 0 Å². The Bertz CT molecular complexity index is 491. The van der Waals surface area contributed by atoms with Crippen LogP contribution in [0.1, 0.15) is 20.3 Å². The van der Waals surface area contributed by atoms with E-state index in [1.807, 2.05) is 13.8 Å². The summed E-state index contributed by atoms with van der Waals surface area (Å²) in [6.45, 7) is 3.92. The molecule has 0 aliphatic heterocycles. The van der Waals surface area contributed by atoms with E-state index in [1.54, 1.807) is 0 Å². The molecule has 1 amide bonds. The molecule has 1 rings (SSSR count). The number of nitro benzene ring substituents is 1. The number of rotatable bonds is 5. The summed E-state index contributed by atoms with van der Waals surface area (Å²) >= 11 is 5.68. The van der Waals surface area contributed by atoms with Gasteiger partial charge in [-0.2, -0.15) is 0 Å². The fourth-order valence-electron chi connectivity index (χ4n) is 1.58. The summed E-state index contributed by atoms with van der Waals surface area (Å²) < 4.78 is 0. The van der Waals surface area contributed by atoms with Crippen LogP contribution in [0.4, 0.5) is 11.4 Å². The first-order valence-corrected chi connectivity index (χ1v) is 6.19. The van der Waals surface area contributed by atoms with Gasteiger partial charge in [0.15, 0.2) is 0 Å². The summed E-state index contributed by atoms with van der Waals surface area (Å²) in [5, 5.41) is 13.3. The molecule has 1 atom stereocenters. The van der Waals surface area contributed by atoms with Gasteiger partial charge in [0.05, 0.1) is 11.0 Å². The molecular formula is C12H16ClN3O3. The van der Waals surface area contributed by atoms with Gasteiger partial charge in [0.25, 0.3) is 5.69 Å². The minimum atomic E-state index is -0.644. The minimum Gasteiger partial charge on any atom is -0.324 e. The first kappa shape index (κ1) is 15.4. The predicted molar refractivity (Wildman–Crippen MR) is 74.2 cm³/mol. The van der Waals surface area contributed by atoms with E-state index in [2.05, 4.69) is 5.32 Å². The van der Waals surface area contributed by atoms with Crippen molar-refractivity contribution >= 4 is 28.9 Å². The molecule has 3 N–H and O–H groups in total. The number of hydrogen-bond acceptors (Lipinski definition) is 4. The van der Waals surface area contributed by atoms with E-state index in [0.717, 1.165) is 0 Å². The molecular weight excluding hydrogens is 270 g/mol. The highest BCUT2D eigenvalue weighted by Gasteiger charge is 2.17. The molecule has 6 nitrogen and oxygen atoms in total. The van der Waals surface area contributed by atoms with Crippen LogP contribution in [0.25, 0.3) is 0 Å². The molecule has 0 heterocycles. The lowest BCUT2D eigenvalue weighted by Crippen LogP contribution is -2.36. The van der Waals surface area contributed by atoms with Crippen LogP contribution in [0.15, 0.2) is 18.2 Å². The zero-order valence-electron chi connectivity index (χ0n) is 10.7. The molecule has 19 heavy (non-hydrogen) atoms. The van der Waals surface area contributed by atoms with Gasteiger partial charge < -0.3 is 11.1 Å². The summed E-state index contributed by atoms with van der Waals surface area (Å²) in [6, 6.07) is 3.43. The maximum Gasteiger partial charge on any atom is 0.289 e. The SMILES string of the molecule is CC(C)CC(N)C(=O)Nc1ccc(Cl)c([N+](=O)[O-])c1. The Hall–Kier alpha value is -1.66. The van der Waals surface area contributed by atoms with Crippen molar-refractivity contribution in [3.05, 3.63) is 33.3 Å². The number of hydrogen-bond donors (Lipinski definition) is 2. The second-order valence-corrected chi connectivity index (χ2v) is 5.06. The lowest BCUT2D eigenvalue weighted by Gasteiger charge is -2.14. The lowest BCUT2D eigenvalue weighted by atomic mass is 10.0. The maximum absolute atomic E-state index is 11.8. The van der Waals surface area contributed by atoms with Gasteiger partial charge in [-0.05, 0) is 24.5 Å². The highest BCUT2D eigenvalue weighted by atomic mass is 35.5. The first-order valence-electron chi connectivity index (χ1n) is 5.81. The Balaban J connectivity index is 2.80. The van der Waals surface area contributed by atoms with Gasteiger partial charge in [-0.3, -0.25) is 14.9 Å². The minimum absolute atomic E-state index is 0.0227. The highest BCUT2D eigenvalue weighted by Crippen LogP contribution is 2.27. The Kier molecular flexibility index (Phi) is 5.26. The van der Waals surface area contributed by atoms with Crippen LogP contribution in [-0.4, -0.2) is 16.9 Å². The summed E-state index contributed by atoms with van der Waals surface area (Å²) in [5.41, 5.74) is 5.77. The van der Waals surface area contributed by atoms with Gasteiger partial charge >= 0.3 is 0 Å². The standard InChI is InChI=1S/C12H16ClN3O3/c1-7(2)5-10(14)12(17)15-8-3-4-9(13)11(6-8)16(18)19/h3-4,6-7,10H,5,14H2,1-2H3,(H,15,17). The number of benzene rings is 1. The van der Waals surface area contributed by atoms with Crippen LogP contribution in [0.2, 0.25) is 5.02 Å². The van der Waals surface area contributed by atoms with E-state index in [0.29, 0.717) is 18.0 Å². The van der Waals surface area contributed by atoms with Gasteiger partial charge in [0, 0.05) is 11.8 Å². The average molecular weight is 286 g/mol. The predicted octanol–water partition coefficient (Wildman–Crippen LogP) is 2.56. The third-order valence-electron chi connectivity index (χ3n) is 2.47. The number of carbonyl (C=O) groups is 1.